The first-order valence-electron chi connectivity index (χ1n) is 9.08. The van der Waals surface area contributed by atoms with Crippen molar-refractivity contribution in [1.82, 2.24) is 5.32 Å². The number of primary amides is 1. The molecule has 0 bridgehead atoms. The average Bonchev–Trinajstić information content (AvgIpc) is 2.63. The molecule has 0 aromatic heterocycles. The van der Waals surface area contributed by atoms with Gasteiger partial charge in [-0.05, 0) is 30.4 Å². The van der Waals surface area contributed by atoms with E-state index in [9.17, 15) is 9.59 Å². The van der Waals surface area contributed by atoms with Gasteiger partial charge in [0.1, 0.15) is 0 Å². The number of nitrogens with two attached hydrogens (primary N) is 1. The minimum atomic E-state index is -0.467. The Bertz CT molecular complexity index is 715. The zero-order valence-corrected chi connectivity index (χ0v) is 15.7. The van der Waals surface area contributed by atoms with Crippen LogP contribution in [0.3, 0.4) is 0 Å². The first kappa shape index (κ1) is 19.7. The van der Waals surface area contributed by atoms with Gasteiger partial charge in [0.25, 0.3) is 0 Å². The zero-order chi connectivity index (χ0) is 19.1. The number of carbonyl (C=O) groups excluding carboxylic acids is 2. The van der Waals surface area contributed by atoms with Gasteiger partial charge < -0.3 is 11.1 Å². The number of nitrogens with one attached hydrogen (secondary N) is 1. The summed E-state index contributed by atoms with van der Waals surface area (Å²) in [5, 5.41) is 2.99. The van der Waals surface area contributed by atoms with Crippen LogP contribution in [-0.4, -0.2) is 17.9 Å². The van der Waals surface area contributed by atoms with Gasteiger partial charge in [-0.2, -0.15) is 0 Å². The van der Waals surface area contributed by atoms with Crippen LogP contribution in [0.15, 0.2) is 60.7 Å². The van der Waals surface area contributed by atoms with E-state index in [-0.39, 0.29) is 23.8 Å². The van der Waals surface area contributed by atoms with Gasteiger partial charge in [-0.25, -0.2) is 0 Å². The van der Waals surface area contributed by atoms with Gasteiger partial charge in [0.05, 0.1) is 5.92 Å². The van der Waals surface area contributed by atoms with E-state index >= 15 is 0 Å². The number of carbonyl (C=O) groups is 2. The number of hydrogen-bond donors (Lipinski definition) is 2. The summed E-state index contributed by atoms with van der Waals surface area (Å²) >= 11 is 0. The quantitative estimate of drug-likeness (QED) is 0.765. The second-order valence-electron chi connectivity index (χ2n) is 7.02. The van der Waals surface area contributed by atoms with E-state index in [0.29, 0.717) is 6.42 Å². The number of amides is 2. The summed E-state index contributed by atoms with van der Waals surface area (Å²) in [5.41, 5.74) is 7.82. The molecule has 4 nitrogen and oxygen atoms in total. The maximum Gasteiger partial charge on any atom is 0.223 e. The average molecular weight is 352 g/mol. The van der Waals surface area contributed by atoms with E-state index in [1.165, 1.54) is 0 Å². The van der Waals surface area contributed by atoms with Crippen LogP contribution in [0.5, 0.6) is 0 Å². The highest BCUT2D eigenvalue weighted by molar-refractivity contribution is 5.82. The molecule has 138 valence electrons. The number of hydrogen-bond acceptors (Lipinski definition) is 2. The predicted octanol–water partition coefficient (Wildman–Crippen LogP) is 3.28. The lowest BCUT2D eigenvalue weighted by molar-refractivity contribution is -0.127. The third kappa shape index (κ3) is 5.19. The standard InChI is InChI=1S/C22H28N2O2/c1-15(14-18-10-6-4-7-11-18)22(26)24-17(3)20(21(23)25)16(2)19-12-8-5-9-13-19/h4-13,15-17,20H,14H2,1-3H3,(H2,23,25)(H,24,26). The van der Waals surface area contributed by atoms with Crippen molar-refractivity contribution in [3.05, 3.63) is 71.8 Å². The second-order valence-corrected chi connectivity index (χ2v) is 7.02. The van der Waals surface area contributed by atoms with Crippen LogP contribution in [0, 0.1) is 11.8 Å². The Morgan fingerprint density at radius 1 is 0.923 bits per heavy atom. The molecule has 0 aliphatic carbocycles. The molecule has 2 aromatic carbocycles. The Balaban J connectivity index is 2.03. The smallest absolute Gasteiger partial charge is 0.223 e. The predicted molar refractivity (Wildman–Crippen MR) is 104 cm³/mol. The molecule has 4 unspecified atom stereocenters. The van der Waals surface area contributed by atoms with Crippen molar-refractivity contribution in [2.75, 3.05) is 0 Å². The molecule has 2 amide bonds. The molecule has 3 N–H and O–H groups in total. The highest BCUT2D eigenvalue weighted by atomic mass is 16.2. The molecule has 4 atom stereocenters. The van der Waals surface area contributed by atoms with E-state index in [1.54, 1.807) is 0 Å². The fraction of sp³-hybridized carbons (Fsp3) is 0.364. The fourth-order valence-corrected chi connectivity index (χ4v) is 3.41. The maximum atomic E-state index is 12.6. The Morgan fingerprint density at radius 2 is 1.46 bits per heavy atom. The molecular weight excluding hydrogens is 324 g/mol. The number of benzene rings is 2. The highest BCUT2D eigenvalue weighted by Gasteiger charge is 2.31. The topological polar surface area (TPSA) is 72.2 Å². The molecule has 0 spiro atoms. The minimum Gasteiger partial charge on any atom is -0.369 e. The van der Waals surface area contributed by atoms with Crippen molar-refractivity contribution >= 4 is 11.8 Å². The Morgan fingerprint density at radius 3 is 2.00 bits per heavy atom. The van der Waals surface area contributed by atoms with Crippen molar-refractivity contribution in [3.63, 3.8) is 0 Å². The van der Waals surface area contributed by atoms with Gasteiger partial charge >= 0.3 is 0 Å². The van der Waals surface area contributed by atoms with E-state index in [0.717, 1.165) is 11.1 Å². The van der Waals surface area contributed by atoms with Gasteiger partial charge in [0.15, 0.2) is 0 Å². The molecular formula is C22H28N2O2. The van der Waals surface area contributed by atoms with Crippen LogP contribution in [-0.2, 0) is 16.0 Å². The SMILES string of the molecule is CC(Cc1ccccc1)C(=O)NC(C)C(C(N)=O)C(C)c1ccccc1. The molecule has 2 rings (SSSR count). The van der Waals surface area contributed by atoms with Crippen molar-refractivity contribution in [3.8, 4) is 0 Å². The lowest BCUT2D eigenvalue weighted by Crippen LogP contribution is -2.47. The molecule has 0 radical (unpaired) electrons. The summed E-state index contributed by atoms with van der Waals surface area (Å²) in [6.45, 7) is 5.72. The summed E-state index contributed by atoms with van der Waals surface area (Å²) in [7, 11) is 0. The lowest BCUT2D eigenvalue weighted by Gasteiger charge is -2.29. The third-order valence-electron chi connectivity index (χ3n) is 4.93. The summed E-state index contributed by atoms with van der Waals surface area (Å²) in [5.74, 6) is -1.18. The van der Waals surface area contributed by atoms with Crippen LogP contribution in [0.1, 0.15) is 37.8 Å². The molecule has 0 fully saturated rings. The summed E-state index contributed by atoms with van der Waals surface area (Å²) in [6, 6.07) is 19.3. The monoisotopic (exact) mass is 352 g/mol. The Kier molecular flexibility index (Phi) is 6.96. The maximum absolute atomic E-state index is 12.6. The Hall–Kier alpha value is -2.62. The van der Waals surface area contributed by atoms with E-state index in [2.05, 4.69) is 5.32 Å². The molecule has 2 aromatic rings. The van der Waals surface area contributed by atoms with Crippen LogP contribution >= 0.6 is 0 Å². The molecule has 0 aliphatic rings. The summed E-state index contributed by atoms with van der Waals surface area (Å²) < 4.78 is 0. The van der Waals surface area contributed by atoms with Crippen LogP contribution in [0.4, 0.5) is 0 Å². The van der Waals surface area contributed by atoms with Crippen LogP contribution in [0.25, 0.3) is 0 Å². The van der Waals surface area contributed by atoms with Gasteiger partial charge in [0.2, 0.25) is 11.8 Å². The van der Waals surface area contributed by atoms with Crippen molar-refractivity contribution in [2.45, 2.75) is 39.2 Å². The fourth-order valence-electron chi connectivity index (χ4n) is 3.41. The van der Waals surface area contributed by atoms with E-state index < -0.39 is 11.8 Å². The highest BCUT2D eigenvalue weighted by Crippen LogP contribution is 2.27. The van der Waals surface area contributed by atoms with Crippen molar-refractivity contribution < 1.29 is 9.59 Å². The normalized spacial score (nSPS) is 15.5. The molecule has 0 heterocycles. The molecule has 0 saturated carbocycles. The van der Waals surface area contributed by atoms with Gasteiger partial charge in [0, 0.05) is 12.0 Å². The van der Waals surface area contributed by atoms with Crippen LogP contribution in [0.2, 0.25) is 0 Å². The van der Waals surface area contributed by atoms with Crippen molar-refractivity contribution in [1.29, 1.82) is 0 Å². The van der Waals surface area contributed by atoms with Gasteiger partial charge in [-0.1, -0.05) is 74.5 Å². The van der Waals surface area contributed by atoms with Crippen LogP contribution < -0.4 is 11.1 Å². The summed E-state index contributed by atoms with van der Waals surface area (Å²) in [4.78, 5) is 24.6. The Labute approximate surface area is 155 Å². The molecule has 0 aliphatic heterocycles. The van der Waals surface area contributed by atoms with E-state index in [1.807, 2.05) is 81.4 Å². The largest absolute Gasteiger partial charge is 0.369 e. The van der Waals surface area contributed by atoms with Crippen molar-refractivity contribution in [2.24, 2.45) is 17.6 Å². The first-order valence-corrected chi connectivity index (χ1v) is 9.08. The first-order chi connectivity index (χ1) is 12.4. The molecule has 4 heteroatoms. The lowest BCUT2D eigenvalue weighted by atomic mass is 9.82. The third-order valence-corrected chi connectivity index (χ3v) is 4.93. The molecule has 0 saturated heterocycles. The minimum absolute atomic E-state index is 0.0622. The van der Waals surface area contributed by atoms with E-state index in [4.69, 9.17) is 5.73 Å². The van der Waals surface area contributed by atoms with Gasteiger partial charge in [-0.15, -0.1) is 0 Å². The summed E-state index contributed by atoms with van der Waals surface area (Å²) in [6.07, 6.45) is 0.662. The van der Waals surface area contributed by atoms with Gasteiger partial charge in [-0.3, -0.25) is 9.59 Å². The second kappa shape index (κ2) is 9.18. The number of rotatable bonds is 8. The molecule has 26 heavy (non-hydrogen) atoms. The zero-order valence-electron chi connectivity index (χ0n) is 15.7.